The van der Waals surface area contributed by atoms with Gasteiger partial charge in [-0.25, -0.2) is 0 Å². The molecule has 3 heteroatoms. The fraction of sp³-hybridized carbons (Fsp3) is 0.0833. The molecular weight excluding hydrogens is 208 g/mol. The van der Waals surface area contributed by atoms with Crippen LogP contribution in [0.4, 0.5) is 5.69 Å². The minimum Gasteiger partial charge on any atom is -0.388 e. The largest absolute Gasteiger partial charge is 0.388 e. The number of pyridine rings is 1. The molecule has 0 unspecified atom stereocenters. The molecule has 0 aliphatic carbocycles. The van der Waals surface area contributed by atoms with Crippen LogP contribution >= 0.6 is 11.6 Å². The maximum atomic E-state index is 5.88. The first-order valence-corrected chi connectivity index (χ1v) is 5.06. The van der Waals surface area contributed by atoms with E-state index in [1.165, 1.54) is 0 Å². The van der Waals surface area contributed by atoms with Crippen molar-refractivity contribution < 1.29 is 0 Å². The van der Waals surface area contributed by atoms with Crippen LogP contribution in [0.15, 0.2) is 42.7 Å². The van der Waals surface area contributed by atoms with Crippen molar-refractivity contribution in [3.05, 3.63) is 47.7 Å². The summed E-state index contributed by atoms with van der Waals surface area (Å²) in [5.41, 5.74) is 3.24. The highest BCUT2D eigenvalue weighted by Gasteiger charge is 1.98. The van der Waals surface area contributed by atoms with Gasteiger partial charge >= 0.3 is 0 Å². The molecular formula is C12H11ClN2. The van der Waals surface area contributed by atoms with E-state index in [1.54, 1.807) is 12.4 Å². The number of hydrogen-bond acceptors (Lipinski definition) is 2. The van der Waals surface area contributed by atoms with Crippen molar-refractivity contribution in [2.45, 2.75) is 0 Å². The van der Waals surface area contributed by atoms with E-state index < -0.39 is 0 Å². The molecule has 0 aliphatic rings. The Hall–Kier alpha value is -1.54. The van der Waals surface area contributed by atoms with Crippen LogP contribution in [0.2, 0.25) is 5.02 Å². The number of nitrogens with zero attached hydrogens (tertiary/aromatic N) is 1. The van der Waals surface area contributed by atoms with Crippen LogP contribution in [-0.2, 0) is 0 Å². The maximum absolute atomic E-state index is 5.88. The Morgan fingerprint density at radius 1 is 1.07 bits per heavy atom. The Balaban J connectivity index is 2.37. The molecule has 0 bridgehead atoms. The minimum absolute atomic E-state index is 0.658. The zero-order valence-corrected chi connectivity index (χ0v) is 9.12. The minimum atomic E-state index is 0.658. The number of nitrogens with one attached hydrogen (secondary N) is 1. The van der Waals surface area contributed by atoms with Crippen molar-refractivity contribution in [1.29, 1.82) is 0 Å². The van der Waals surface area contributed by atoms with Crippen molar-refractivity contribution in [3.63, 3.8) is 0 Å². The van der Waals surface area contributed by atoms with E-state index >= 15 is 0 Å². The Kier molecular flexibility index (Phi) is 2.88. The molecule has 0 saturated carbocycles. The Bertz CT molecular complexity index is 451. The fourth-order valence-corrected chi connectivity index (χ4v) is 1.57. The molecule has 0 spiro atoms. The second-order valence-corrected chi connectivity index (χ2v) is 3.66. The van der Waals surface area contributed by atoms with Gasteiger partial charge in [-0.2, -0.15) is 0 Å². The van der Waals surface area contributed by atoms with E-state index in [0.29, 0.717) is 5.02 Å². The normalized spacial score (nSPS) is 10.0. The molecule has 76 valence electrons. The predicted octanol–water partition coefficient (Wildman–Crippen LogP) is 3.44. The number of halogens is 1. The van der Waals surface area contributed by atoms with Gasteiger partial charge in [-0.05, 0) is 23.8 Å². The number of rotatable bonds is 2. The van der Waals surface area contributed by atoms with Gasteiger partial charge < -0.3 is 5.32 Å². The van der Waals surface area contributed by atoms with Gasteiger partial charge in [0, 0.05) is 30.7 Å². The molecule has 0 fully saturated rings. The zero-order valence-electron chi connectivity index (χ0n) is 8.37. The summed E-state index contributed by atoms with van der Waals surface area (Å²) in [4.78, 5) is 4.06. The first kappa shape index (κ1) is 9.99. The third kappa shape index (κ3) is 2.28. The molecule has 0 atom stereocenters. The Morgan fingerprint density at radius 2 is 1.80 bits per heavy atom. The van der Waals surface area contributed by atoms with E-state index in [1.807, 2.05) is 37.4 Å². The second kappa shape index (κ2) is 4.32. The highest BCUT2D eigenvalue weighted by molar-refractivity contribution is 6.30. The molecule has 1 heterocycles. The van der Waals surface area contributed by atoms with Gasteiger partial charge in [0.1, 0.15) is 0 Å². The summed E-state index contributed by atoms with van der Waals surface area (Å²) in [6, 6.07) is 10.0. The van der Waals surface area contributed by atoms with Crippen molar-refractivity contribution in [3.8, 4) is 11.1 Å². The zero-order chi connectivity index (χ0) is 10.7. The lowest BCUT2D eigenvalue weighted by molar-refractivity contribution is 1.33. The highest BCUT2D eigenvalue weighted by atomic mass is 35.5. The van der Waals surface area contributed by atoms with Crippen molar-refractivity contribution in [1.82, 2.24) is 4.98 Å². The van der Waals surface area contributed by atoms with Crippen molar-refractivity contribution in [2.24, 2.45) is 0 Å². The van der Waals surface area contributed by atoms with Crippen LogP contribution < -0.4 is 5.32 Å². The standard InChI is InChI=1S/C12H11ClN2/c1-14-12-4-2-9(3-5-12)10-6-11(13)8-15-7-10/h2-8,14H,1H3. The number of anilines is 1. The van der Waals surface area contributed by atoms with Crippen LogP contribution in [0.25, 0.3) is 11.1 Å². The van der Waals surface area contributed by atoms with Gasteiger partial charge in [0.05, 0.1) is 5.02 Å². The highest BCUT2D eigenvalue weighted by Crippen LogP contribution is 2.22. The van der Waals surface area contributed by atoms with Crippen LogP contribution in [-0.4, -0.2) is 12.0 Å². The molecule has 0 saturated heterocycles. The maximum Gasteiger partial charge on any atom is 0.0595 e. The van der Waals surface area contributed by atoms with Gasteiger partial charge in [0.15, 0.2) is 0 Å². The van der Waals surface area contributed by atoms with Crippen molar-refractivity contribution in [2.75, 3.05) is 12.4 Å². The first-order chi connectivity index (χ1) is 7.29. The average molecular weight is 219 g/mol. The van der Waals surface area contributed by atoms with Crippen LogP contribution in [0.1, 0.15) is 0 Å². The number of benzene rings is 1. The SMILES string of the molecule is CNc1ccc(-c2cncc(Cl)c2)cc1. The summed E-state index contributed by atoms with van der Waals surface area (Å²) >= 11 is 5.88. The van der Waals surface area contributed by atoms with E-state index in [2.05, 4.69) is 10.3 Å². The topological polar surface area (TPSA) is 24.9 Å². The summed E-state index contributed by atoms with van der Waals surface area (Å²) < 4.78 is 0. The smallest absolute Gasteiger partial charge is 0.0595 e. The average Bonchev–Trinajstić information content (AvgIpc) is 2.29. The van der Waals surface area contributed by atoms with Crippen molar-refractivity contribution >= 4 is 17.3 Å². The van der Waals surface area contributed by atoms with E-state index in [4.69, 9.17) is 11.6 Å². The predicted molar refractivity (Wildman–Crippen MR) is 64.2 cm³/mol. The monoisotopic (exact) mass is 218 g/mol. The number of aromatic nitrogens is 1. The van der Waals surface area contributed by atoms with Gasteiger partial charge in [-0.1, -0.05) is 23.7 Å². The summed E-state index contributed by atoms with van der Waals surface area (Å²) in [6.07, 6.45) is 3.44. The molecule has 0 radical (unpaired) electrons. The lowest BCUT2D eigenvalue weighted by Crippen LogP contribution is -1.87. The Morgan fingerprint density at radius 3 is 2.40 bits per heavy atom. The van der Waals surface area contributed by atoms with Gasteiger partial charge in [0.25, 0.3) is 0 Å². The van der Waals surface area contributed by atoms with Crippen LogP contribution in [0, 0.1) is 0 Å². The van der Waals surface area contributed by atoms with Gasteiger partial charge in [-0.3, -0.25) is 4.98 Å². The first-order valence-electron chi connectivity index (χ1n) is 4.68. The molecule has 1 N–H and O–H groups in total. The summed E-state index contributed by atoms with van der Waals surface area (Å²) in [5.74, 6) is 0. The summed E-state index contributed by atoms with van der Waals surface area (Å²) in [7, 11) is 1.90. The van der Waals surface area contributed by atoms with E-state index in [-0.39, 0.29) is 0 Å². The quantitative estimate of drug-likeness (QED) is 0.835. The molecule has 15 heavy (non-hydrogen) atoms. The lowest BCUT2D eigenvalue weighted by Gasteiger charge is -2.03. The molecule has 0 amide bonds. The molecule has 2 nitrogen and oxygen atoms in total. The molecule has 1 aromatic heterocycles. The third-order valence-corrected chi connectivity index (χ3v) is 2.42. The Labute approximate surface area is 93.9 Å². The molecule has 2 rings (SSSR count). The third-order valence-electron chi connectivity index (χ3n) is 2.21. The summed E-state index contributed by atoms with van der Waals surface area (Å²) in [6.45, 7) is 0. The molecule has 1 aromatic carbocycles. The number of hydrogen-bond donors (Lipinski definition) is 1. The van der Waals surface area contributed by atoms with Gasteiger partial charge in [-0.15, -0.1) is 0 Å². The lowest BCUT2D eigenvalue weighted by atomic mass is 10.1. The fourth-order valence-electron chi connectivity index (χ4n) is 1.40. The summed E-state index contributed by atoms with van der Waals surface area (Å²) in [5, 5.41) is 3.73. The van der Waals surface area contributed by atoms with E-state index in [9.17, 15) is 0 Å². The van der Waals surface area contributed by atoms with Crippen LogP contribution in [0.3, 0.4) is 0 Å². The second-order valence-electron chi connectivity index (χ2n) is 3.22. The van der Waals surface area contributed by atoms with Crippen LogP contribution in [0.5, 0.6) is 0 Å². The molecule has 0 aliphatic heterocycles. The van der Waals surface area contributed by atoms with E-state index in [0.717, 1.165) is 16.8 Å². The van der Waals surface area contributed by atoms with Gasteiger partial charge in [0.2, 0.25) is 0 Å². The molecule has 2 aromatic rings.